The summed E-state index contributed by atoms with van der Waals surface area (Å²) in [5.74, 6) is 0.664. The third-order valence-electron chi connectivity index (χ3n) is 7.42. The number of fused-ring (bicyclic) bond motifs is 2. The lowest BCUT2D eigenvalue weighted by Gasteiger charge is -2.21. The van der Waals surface area contributed by atoms with Crippen molar-refractivity contribution in [2.75, 3.05) is 31.8 Å². The van der Waals surface area contributed by atoms with E-state index in [1.807, 2.05) is 55.5 Å². The minimum atomic E-state index is -3.67. The van der Waals surface area contributed by atoms with Gasteiger partial charge in [-0.25, -0.2) is 13.4 Å². The summed E-state index contributed by atoms with van der Waals surface area (Å²) in [5, 5.41) is 4.35. The van der Waals surface area contributed by atoms with Gasteiger partial charge in [-0.3, -0.25) is 9.10 Å². The Morgan fingerprint density at radius 3 is 2.44 bits per heavy atom. The highest BCUT2D eigenvalue weighted by Gasteiger charge is 2.27. The first kappa shape index (κ1) is 28.4. The topological polar surface area (TPSA) is 102 Å². The van der Waals surface area contributed by atoms with E-state index in [-0.39, 0.29) is 5.91 Å². The maximum Gasteiger partial charge on any atom is 0.255 e. The van der Waals surface area contributed by atoms with E-state index in [2.05, 4.69) is 17.4 Å². The van der Waals surface area contributed by atoms with E-state index in [0.717, 1.165) is 32.3 Å². The first-order valence-corrected chi connectivity index (χ1v) is 16.1. The van der Waals surface area contributed by atoms with E-state index in [4.69, 9.17) is 14.1 Å². The Bertz CT molecular complexity index is 2100. The number of nitrogens with zero attached hydrogens (tertiary/aromatic N) is 2. The lowest BCUT2D eigenvalue weighted by Crippen LogP contribution is -2.25. The molecule has 10 heteroatoms. The van der Waals surface area contributed by atoms with Gasteiger partial charge in [0.05, 0.1) is 35.2 Å². The van der Waals surface area contributed by atoms with Gasteiger partial charge < -0.3 is 14.5 Å². The van der Waals surface area contributed by atoms with Gasteiger partial charge in [-0.2, -0.15) is 0 Å². The number of carbonyl (C=O) groups excluding carboxylic acids is 1. The van der Waals surface area contributed by atoms with Crippen molar-refractivity contribution in [1.29, 1.82) is 0 Å². The maximum atomic E-state index is 13.3. The standard InChI is InChI=1S/C33H29N3O5S2/c1-19-10-12-20(13-11-19)32-30(33(37)34-2)23-17-22(25(18-27(23)41-32)36(3)43(5,38)39)24-14-15-26(40-4)31(35-24)29-16-21-8-6-7-9-28(21)42-29/h6-18H,1-5H3,(H,34,37). The molecule has 0 saturated heterocycles. The fourth-order valence-corrected chi connectivity index (χ4v) is 6.64. The van der Waals surface area contributed by atoms with Gasteiger partial charge in [0, 0.05) is 41.4 Å². The van der Waals surface area contributed by atoms with Crippen molar-refractivity contribution in [3.8, 4) is 38.9 Å². The third-order valence-corrected chi connectivity index (χ3v) is 9.74. The van der Waals surface area contributed by atoms with Gasteiger partial charge in [0.1, 0.15) is 22.8 Å². The van der Waals surface area contributed by atoms with Crippen molar-refractivity contribution in [2.24, 2.45) is 0 Å². The van der Waals surface area contributed by atoms with E-state index in [1.165, 1.54) is 11.4 Å². The summed E-state index contributed by atoms with van der Waals surface area (Å²) < 4.78 is 39.9. The van der Waals surface area contributed by atoms with Crippen molar-refractivity contribution in [1.82, 2.24) is 10.3 Å². The molecular weight excluding hydrogens is 583 g/mol. The molecule has 0 aliphatic carbocycles. The molecule has 3 aromatic carbocycles. The molecule has 0 radical (unpaired) electrons. The minimum absolute atomic E-state index is 0.321. The van der Waals surface area contributed by atoms with Crippen LogP contribution < -0.4 is 14.4 Å². The van der Waals surface area contributed by atoms with Crippen LogP contribution in [0.2, 0.25) is 0 Å². The van der Waals surface area contributed by atoms with Crippen LogP contribution in [0.5, 0.6) is 5.75 Å². The van der Waals surface area contributed by atoms with Gasteiger partial charge in [-0.05, 0) is 42.6 Å². The molecule has 1 N–H and O–H groups in total. The Hall–Kier alpha value is -4.67. The van der Waals surface area contributed by atoms with Gasteiger partial charge in [0.15, 0.2) is 0 Å². The molecule has 1 amide bonds. The molecule has 0 aliphatic rings. The number of aryl methyl sites for hydroxylation is 1. The largest absolute Gasteiger partial charge is 0.494 e. The second kappa shape index (κ2) is 10.9. The highest BCUT2D eigenvalue weighted by molar-refractivity contribution is 7.92. The Balaban J connectivity index is 1.64. The average molecular weight is 612 g/mol. The van der Waals surface area contributed by atoms with Crippen LogP contribution in [-0.2, 0) is 10.0 Å². The number of hydrogen-bond donors (Lipinski definition) is 1. The van der Waals surface area contributed by atoms with Crippen molar-refractivity contribution in [2.45, 2.75) is 6.92 Å². The number of thiophene rings is 1. The molecule has 0 atom stereocenters. The van der Waals surface area contributed by atoms with Gasteiger partial charge in [0.2, 0.25) is 10.0 Å². The highest BCUT2D eigenvalue weighted by atomic mass is 32.2. The number of rotatable bonds is 7. The number of carbonyl (C=O) groups is 1. The van der Waals surface area contributed by atoms with Gasteiger partial charge in [-0.1, -0.05) is 48.0 Å². The lowest BCUT2D eigenvalue weighted by molar-refractivity contribution is 0.0964. The van der Waals surface area contributed by atoms with Crippen molar-refractivity contribution >= 4 is 54.0 Å². The molecule has 43 heavy (non-hydrogen) atoms. The van der Waals surface area contributed by atoms with Gasteiger partial charge >= 0.3 is 0 Å². The number of sulfonamides is 1. The third kappa shape index (κ3) is 5.13. The van der Waals surface area contributed by atoms with Crippen LogP contribution >= 0.6 is 11.3 Å². The number of hydrogen-bond acceptors (Lipinski definition) is 7. The number of amides is 1. The van der Waals surface area contributed by atoms with Crippen molar-refractivity contribution in [3.05, 3.63) is 90.0 Å². The number of aromatic nitrogens is 1. The van der Waals surface area contributed by atoms with E-state index in [9.17, 15) is 13.2 Å². The molecule has 3 aromatic heterocycles. The van der Waals surface area contributed by atoms with Gasteiger partial charge in [-0.15, -0.1) is 11.3 Å². The van der Waals surface area contributed by atoms with E-state index in [0.29, 0.717) is 50.7 Å². The molecule has 0 saturated carbocycles. The molecule has 218 valence electrons. The predicted octanol–water partition coefficient (Wildman–Crippen LogP) is 7.12. The predicted molar refractivity (Wildman–Crippen MR) is 174 cm³/mol. The maximum absolute atomic E-state index is 13.3. The average Bonchev–Trinajstić information content (AvgIpc) is 3.61. The van der Waals surface area contributed by atoms with Gasteiger partial charge in [0.25, 0.3) is 5.91 Å². The second-order valence-electron chi connectivity index (χ2n) is 10.2. The molecule has 3 heterocycles. The number of furan rings is 1. The number of ether oxygens (including phenoxy) is 1. The minimum Gasteiger partial charge on any atom is -0.494 e. The monoisotopic (exact) mass is 611 g/mol. The number of anilines is 1. The Morgan fingerprint density at radius 2 is 1.77 bits per heavy atom. The fraction of sp³-hybridized carbons (Fsp3) is 0.152. The molecule has 0 bridgehead atoms. The highest BCUT2D eigenvalue weighted by Crippen LogP contribution is 2.43. The molecule has 0 aliphatic heterocycles. The van der Waals surface area contributed by atoms with Crippen LogP contribution in [0.15, 0.2) is 83.3 Å². The zero-order valence-electron chi connectivity index (χ0n) is 24.3. The van der Waals surface area contributed by atoms with Crippen molar-refractivity contribution in [3.63, 3.8) is 0 Å². The molecule has 0 fully saturated rings. The summed E-state index contributed by atoms with van der Waals surface area (Å²) in [4.78, 5) is 19.2. The molecular formula is C33H29N3O5S2. The first-order valence-electron chi connectivity index (χ1n) is 13.5. The smallest absolute Gasteiger partial charge is 0.255 e. The van der Waals surface area contributed by atoms with Crippen LogP contribution in [0, 0.1) is 6.92 Å². The van der Waals surface area contributed by atoms with Crippen LogP contribution in [-0.4, -0.2) is 46.8 Å². The Kier molecular flexibility index (Phi) is 7.19. The van der Waals surface area contributed by atoms with Crippen LogP contribution in [0.1, 0.15) is 15.9 Å². The van der Waals surface area contributed by atoms with Crippen LogP contribution in [0.25, 0.3) is 54.2 Å². The summed E-state index contributed by atoms with van der Waals surface area (Å²) in [7, 11) is 0.977. The summed E-state index contributed by atoms with van der Waals surface area (Å²) in [5.41, 5.74) is 4.57. The SMILES string of the molecule is CNC(=O)c1c(-c2ccc(C)cc2)oc2cc(N(C)S(C)(=O)=O)c(-c3ccc(OC)c(-c4cc5ccccc5s4)n3)cc12. The van der Waals surface area contributed by atoms with Crippen molar-refractivity contribution < 1.29 is 22.4 Å². The zero-order valence-corrected chi connectivity index (χ0v) is 25.9. The number of methoxy groups -OCH3 is 1. The normalized spacial score (nSPS) is 11.7. The molecule has 6 aromatic rings. The van der Waals surface area contributed by atoms with Crippen LogP contribution in [0.4, 0.5) is 5.69 Å². The summed E-state index contributed by atoms with van der Waals surface area (Å²) in [6.07, 6.45) is 1.14. The molecule has 0 spiro atoms. The number of benzene rings is 3. The quantitative estimate of drug-likeness (QED) is 0.206. The van der Waals surface area contributed by atoms with E-state index in [1.54, 1.807) is 43.7 Å². The number of pyridine rings is 1. The zero-order chi connectivity index (χ0) is 30.5. The Morgan fingerprint density at radius 1 is 1.02 bits per heavy atom. The summed E-state index contributed by atoms with van der Waals surface area (Å²) in [6.45, 7) is 1.98. The first-order chi connectivity index (χ1) is 20.6. The molecule has 6 rings (SSSR count). The van der Waals surface area contributed by atoms with E-state index < -0.39 is 10.0 Å². The van der Waals surface area contributed by atoms with E-state index >= 15 is 0 Å². The summed E-state index contributed by atoms with van der Waals surface area (Å²) in [6, 6.07) is 24.9. The fourth-order valence-electron chi connectivity index (χ4n) is 5.07. The lowest BCUT2D eigenvalue weighted by atomic mass is 10.00. The second-order valence-corrected chi connectivity index (χ2v) is 13.3. The van der Waals surface area contributed by atoms with Crippen LogP contribution in [0.3, 0.4) is 0 Å². The Labute approximate surface area is 253 Å². The molecule has 0 unspecified atom stereocenters. The summed E-state index contributed by atoms with van der Waals surface area (Å²) >= 11 is 1.60. The number of nitrogens with one attached hydrogen (secondary N) is 1. The molecule has 8 nitrogen and oxygen atoms in total.